The smallest absolute Gasteiger partial charge is 0.415 e. The predicted octanol–water partition coefficient (Wildman–Crippen LogP) is 4.82. The molecule has 1 aliphatic heterocycles. The largest absolute Gasteiger partial charge is 0.447 e. The molecule has 4 rings (SSSR count). The summed E-state index contributed by atoms with van der Waals surface area (Å²) in [5.41, 5.74) is 1.74. The second kappa shape index (κ2) is 7.28. The van der Waals surface area contributed by atoms with Crippen LogP contribution in [0.4, 0.5) is 21.0 Å². The van der Waals surface area contributed by atoms with Crippen molar-refractivity contribution in [1.82, 2.24) is 9.97 Å². The number of hydrogen-bond acceptors (Lipinski definition) is 5. The molecule has 1 aromatic heterocycles. The van der Waals surface area contributed by atoms with Crippen molar-refractivity contribution in [2.24, 2.45) is 5.92 Å². The summed E-state index contributed by atoms with van der Waals surface area (Å²) < 4.78 is 19.9. The monoisotopic (exact) mass is 398 g/mol. The highest BCUT2D eigenvalue weighted by Gasteiger charge is 2.39. The number of anilines is 2. The van der Waals surface area contributed by atoms with Crippen LogP contribution in [0.1, 0.15) is 57.7 Å². The molecule has 1 amide bonds. The van der Waals surface area contributed by atoms with E-state index in [2.05, 4.69) is 22.2 Å². The Bertz CT molecular complexity index is 929. The van der Waals surface area contributed by atoms with Crippen LogP contribution >= 0.6 is 0 Å². The van der Waals surface area contributed by atoms with Crippen molar-refractivity contribution < 1.29 is 13.9 Å². The number of carbonyl (C=O) groups is 1. The molecule has 1 aliphatic carbocycles. The van der Waals surface area contributed by atoms with Crippen LogP contribution in [0.5, 0.6) is 0 Å². The highest BCUT2D eigenvalue weighted by molar-refractivity contribution is 5.89. The molecule has 0 radical (unpaired) electrons. The van der Waals surface area contributed by atoms with Gasteiger partial charge in [-0.2, -0.15) is 4.98 Å². The second-order valence-electron chi connectivity index (χ2n) is 8.66. The normalized spacial score (nSPS) is 21.2. The van der Waals surface area contributed by atoms with E-state index >= 15 is 0 Å². The molecule has 2 fully saturated rings. The zero-order valence-corrected chi connectivity index (χ0v) is 17.3. The summed E-state index contributed by atoms with van der Waals surface area (Å²) in [6, 6.07) is 6.78. The average Bonchev–Trinajstić information content (AvgIpc) is 3.31. The van der Waals surface area contributed by atoms with Gasteiger partial charge in [-0.1, -0.05) is 32.9 Å². The number of halogens is 1. The Morgan fingerprint density at radius 2 is 2.03 bits per heavy atom. The van der Waals surface area contributed by atoms with Crippen molar-refractivity contribution in [3.05, 3.63) is 47.4 Å². The van der Waals surface area contributed by atoms with Gasteiger partial charge in [0.1, 0.15) is 18.2 Å². The fraction of sp³-hybridized carbons (Fsp3) is 0.500. The lowest BCUT2D eigenvalue weighted by molar-refractivity contribution is 0.177. The Morgan fingerprint density at radius 3 is 2.69 bits per heavy atom. The van der Waals surface area contributed by atoms with Gasteiger partial charge in [-0.3, -0.25) is 4.90 Å². The average molecular weight is 398 g/mol. The van der Waals surface area contributed by atoms with Crippen LogP contribution in [0.15, 0.2) is 30.5 Å². The third-order valence-corrected chi connectivity index (χ3v) is 6.07. The molecule has 2 heterocycles. The van der Waals surface area contributed by atoms with Gasteiger partial charge in [-0.15, -0.1) is 0 Å². The number of ether oxygens (including phenoxy) is 1. The number of aromatic nitrogens is 2. The van der Waals surface area contributed by atoms with Gasteiger partial charge in [-0.25, -0.2) is 14.2 Å². The number of nitrogens with zero attached hydrogens (tertiary/aromatic N) is 3. The predicted molar refractivity (Wildman–Crippen MR) is 110 cm³/mol. The maximum absolute atomic E-state index is 14.7. The van der Waals surface area contributed by atoms with E-state index in [4.69, 9.17) is 4.74 Å². The topological polar surface area (TPSA) is 67.4 Å². The van der Waals surface area contributed by atoms with Gasteiger partial charge in [0.2, 0.25) is 5.95 Å². The van der Waals surface area contributed by atoms with Crippen LogP contribution in [0.25, 0.3) is 0 Å². The highest BCUT2D eigenvalue weighted by Crippen LogP contribution is 2.48. The molecule has 1 saturated heterocycles. The quantitative estimate of drug-likeness (QED) is 0.755. The van der Waals surface area contributed by atoms with Crippen LogP contribution in [0.2, 0.25) is 0 Å². The number of carbonyl (C=O) groups excluding carboxylic acids is 1. The SMILES string of the molecule is CC(Nc1nccc(N2C(=O)OCC2C(C)C)n1)c1ccc(C2(C)CC2)cc1F. The first-order valence-electron chi connectivity index (χ1n) is 10.1. The van der Waals surface area contributed by atoms with Crippen molar-refractivity contribution in [2.75, 3.05) is 16.8 Å². The van der Waals surface area contributed by atoms with E-state index in [9.17, 15) is 9.18 Å². The van der Waals surface area contributed by atoms with Gasteiger partial charge < -0.3 is 10.1 Å². The van der Waals surface area contributed by atoms with Gasteiger partial charge in [0, 0.05) is 11.8 Å². The van der Waals surface area contributed by atoms with Crippen LogP contribution in [-0.4, -0.2) is 28.7 Å². The minimum absolute atomic E-state index is 0.0727. The van der Waals surface area contributed by atoms with Gasteiger partial charge in [0.05, 0.1) is 12.1 Å². The molecule has 7 heteroatoms. The van der Waals surface area contributed by atoms with Gasteiger partial charge in [0.15, 0.2) is 0 Å². The van der Waals surface area contributed by atoms with Gasteiger partial charge in [0.25, 0.3) is 0 Å². The van der Waals surface area contributed by atoms with Crippen molar-refractivity contribution in [2.45, 2.75) is 58.0 Å². The number of nitrogens with one attached hydrogen (secondary N) is 1. The Kier molecular flexibility index (Phi) is 4.92. The summed E-state index contributed by atoms with van der Waals surface area (Å²) in [5.74, 6) is 0.825. The van der Waals surface area contributed by atoms with Crippen LogP contribution in [-0.2, 0) is 10.2 Å². The van der Waals surface area contributed by atoms with E-state index in [1.807, 2.05) is 32.9 Å². The Hall–Kier alpha value is -2.70. The molecule has 2 atom stereocenters. The number of rotatable bonds is 6. The van der Waals surface area contributed by atoms with Crippen molar-refractivity contribution >= 4 is 17.9 Å². The van der Waals surface area contributed by atoms with E-state index in [1.165, 1.54) is 0 Å². The maximum Gasteiger partial charge on any atom is 0.415 e. The summed E-state index contributed by atoms with van der Waals surface area (Å²) in [6.45, 7) is 8.45. The molecule has 2 aromatic rings. The third-order valence-electron chi connectivity index (χ3n) is 6.07. The second-order valence-corrected chi connectivity index (χ2v) is 8.66. The standard InChI is InChI=1S/C22H27FN4O2/c1-13(2)18-12-29-21(28)27(18)19-7-10-24-20(26-19)25-14(3)16-6-5-15(11-17(16)23)22(4)8-9-22/h5-7,10-11,13-14,18H,8-9,12H2,1-4H3,(H,24,25,26). The van der Waals surface area contributed by atoms with Gasteiger partial charge >= 0.3 is 6.09 Å². The molecule has 2 unspecified atom stereocenters. The van der Waals surface area contributed by atoms with E-state index in [-0.39, 0.29) is 29.2 Å². The summed E-state index contributed by atoms with van der Waals surface area (Å²) in [7, 11) is 0. The van der Waals surface area contributed by atoms with E-state index in [0.717, 1.165) is 18.4 Å². The zero-order valence-electron chi connectivity index (χ0n) is 17.3. The first kappa shape index (κ1) is 19.6. The fourth-order valence-electron chi connectivity index (χ4n) is 3.74. The Balaban J connectivity index is 1.53. The molecule has 0 bridgehead atoms. The van der Waals surface area contributed by atoms with Crippen LogP contribution in [0, 0.1) is 11.7 Å². The first-order chi connectivity index (χ1) is 13.8. The Labute approximate surface area is 170 Å². The highest BCUT2D eigenvalue weighted by atomic mass is 19.1. The summed E-state index contributed by atoms with van der Waals surface area (Å²) in [5, 5.41) is 3.15. The van der Waals surface area contributed by atoms with Crippen molar-refractivity contribution in [3.8, 4) is 0 Å². The minimum atomic E-state index is -0.406. The number of hydrogen-bond donors (Lipinski definition) is 1. The summed E-state index contributed by atoms with van der Waals surface area (Å²) in [6.07, 6.45) is 3.40. The lowest BCUT2D eigenvalue weighted by Gasteiger charge is -2.24. The van der Waals surface area contributed by atoms with Crippen LogP contribution in [0.3, 0.4) is 0 Å². The molecule has 1 N–H and O–H groups in total. The lowest BCUT2D eigenvalue weighted by Crippen LogP contribution is -2.37. The van der Waals surface area contributed by atoms with E-state index in [0.29, 0.717) is 23.9 Å². The van der Waals surface area contributed by atoms with Crippen molar-refractivity contribution in [3.63, 3.8) is 0 Å². The number of cyclic esters (lactones) is 1. The first-order valence-corrected chi connectivity index (χ1v) is 10.1. The zero-order chi connectivity index (χ0) is 20.8. The molecule has 6 nitrogen and oxygen atoms in total. The molecule has 2 aliphatic rings. The number of amides is 1. The van der Waals surface area contributed by atoms with Crippen LogP contribution < -0.4 is 10.2 Å². The molecule has 0 spiro atoms. The molecule has 1 saturated carbocycles. The third kappa shape index (κ3) is 3.78. The van der Waals surface area contributed by atoms with E-state index in [1.54, 1.807) is 23.2 Å². The van der Waals surface area contributed by atoms with Crippen molar-refractivity contribution in [1.29, 1.82) is 0 Å². The molecule has 154 valence electrons. The van der Waals surface area contributed by atoms with Gasteiger partial charge in [-0.05, 0) is 48.8 Å². The minimum Gasteiger partial charge on any atom is -0.447 e. The van der Waals surface area contributed by atoms with E-state index < -0.39 is 6.09 Å². The Morgan fingerprint density at radius 1 is 1.28 bits per heavy atom. The maximum atomic E-state index is 14.7. The molecular weight excluding hydrogens is 371 g/mol. The number of benzene rings is 1. The lowest BCUT2D eigenvalue weighted by atomic mass is 9.95. The molecule has 29 heavy (non-hydrogen) atoms. The summed E-state index contributed by atoms with van der Waals surface area (Å²) in [4.78, 5) is 22.5. The fourth-order valence-corrected chi connectivity index (χ4v) is 3.74. The molecular formula is C22H27FN4O2. The molecule has 1 aromatic carbocycles. The summed E-state index contributed by atoms with van der Waals surface area (Å²) >= 11 is 0.